The molecule has 128 valence electrons. The number of hydroxylamine groups is 2. The van der Waals surface area contributed by atoms with Crippen LogP contribution in [0, 0.1) is 6.92 Å². The van der Waals surface area contributed by atoms with E-state index in [9.17, 15) is 4.79 Å². The zero-order valence-corrected chi connectivity index (χ0v) is 15.8. The number of aldehydes is 1. The third-order valence-electron chi connectivity index (χ3n) is 1.77. The number of carbonyl (C=O) groups excluding carboxylic acids is 1. The van der Waals surface area contributed by atoms with E-state index in [2.05, 4.69) is 11.9 Å². The number of rotatable bonds is 4. The van der Waals surface area contributed by atoms with E-state index in [1.165, 1.54) is 28.0 Å². The minimum atomic E-state index is 0.520. The van der Waals surface area contributed by atoms with Gasteiger partial charge in [-0.15, -0.1) is 11.3 Å². The molecule has 1 aromatic heterocycles. The maximum Gasteiger partial charge on any atom is 0.160 e. The molecule has 0 saturated carbocycles. The maximum atomic E-state index is 10.0. The fraction of sp³-hybridized carbons (Fsp3) is 0.471. The van der Waals surface area contributed by atoms with E-state index in [1.54, 1.807) is 0 Å². The van der Waals surface area contributed by atoms with Crippen LogP contribution in [0.3, 0.4) is 0 Å². The molecule has 0 unspecified atom stereocenters. The summed E-state index contributed by atoms with van der Waals surface area (Å²) in [6, 6.07) is 3.77. The van der Waals surface area contributed by atoms with Crippen LogP contribution in [0.1, 0.15) is 42.2 Å². The Morgan fingerprint density at radius 1 is 1.36 bits per heavy atom. The molecule has 0 aliphatic heterocycles. The summed E-state index contributed by atoms with van der Waals surface area (Å²) < 4.78 is 0. The van der Waals surface area contributed by atoms with E-state index in [-0.39, 0.29) is 0 Å². The van der Waals surface area contributed by atoms with Gasteiger partial charge in [0.05, 0.1) is 11.4 Å². The number of hydrogen-bond donors (Lipinski definition) is 2. The van der Waals surface area contributed by atoms with Crippen LogP contribution in [0.25, 0.3) is 0 Å². The summed E-state index contributed by atoms with van der Waals surface area (Å²) in [5.41, 5.74) is 1.19. The van der Waals surface area contributed by atoms with Gasteiger partial charge in [-0.25, -0.2) is 0 Å². The van der Waals surface area contributed by atoms with Gasteiger partial charge in [0.2, 0.25) is 0 Å². The van der Waals surface area contributed by atoms with E-state index in [0.29, 0.717) is 6.54 Å². The van der Waals surface area contributed by atoms with Gasteiger partial charge in [-0.1, -0.05) is 32.1 Å². The van der Waals surface area contributed by atoms with Crippen molar-refractivity contribution in [1.82, 2.24) is 10.4 Å². The highest BCUT2D eigenvalue weighted by Crippen LogP contribution is 2.11. The first-order chi connectivity index (χ1) is 10.4. The van der Waals surface area contributed by atoms with Crippen LogP contribution in [0.5, 0.6) is 0 Å². The smallest absolute Gasteiger partial charge is 0.160 e. The molecule has 1 rings (SSSR count). The molecule has 5 heteroatoms. The molecule has 0 amide bonds. The van der Waals surface area contributed by atoms with Gasteiger partial charge in [0.15, 0.2) is 6.29 Å². The molecule has 0 saturated heterocycles. The average molecular weight is 329 g/mol. The Balaban J connectivity index is -0.000000255. The Hall–Kier alpha value is -1.43. The molecule has 0 bridgehead atoms. The Labute approximate surface area is 140 Å². The summed E-state index contributed by atoms with van der Waals surface area (Å²) in [7, 11) is 3.75. The van der Waals surface area contributed by atoms with Gasteiger partial charge in [-0.2, -0.15) is 0 Å². The Morgan fingerprint density at radius 2 is 1.86 bits per heavy atom. The summed E-state index contributed by atoms with van der Waals surface area (Å²) in [4.78, 5) is 12.0. The molecule has 0 aliphatic rings. The van der Waals surface area contributed by atoms with Crippen molar-refractivity contribution in [2.75, 3.05) is 20.6 Å². The largest absolute Gasteiger partial charge is 0.323 e. The average Bonchev–Trinajstić information content (AvgIpc) is 2.94. The van der Waals surface area contributed by atoms with E-state index in [0.717, 1.165) is 16.2 Å². The first-order valence-corrected chi connectivity index (χ1v) is 8.04. The van der Waals surface area contributed by atoms with Crippen molar-refractivity contribution in [3.05, 3.63) is 46.3 Å². The van der Waals surface area contributed by atoms with E-state index >= 15 is 0 Å². The van der Waals surface area contributed by atoms with Crippen LogP contribution in [-0.2, 0) is 0 Å². The Kier molecular flexibility index (Phi) is 22.7. The number of thiophene rings is 1. The second-order valence-electron chi connectivity index (χ2n) is 4.15. The zero-order chi connectivity index (χ0) is 18.0. The van der Waals surface area contributed by atoms with Crippen LogP contribution in [0.15, 0.2) is 36.6 Å². The van der Waals surface area contributed by atoms with Crippen molar-refractivity contribution < 1.29 is 10.0 Å². The van der Waals surface area contributed by atoms with Crippen molar-refractivity contribution in [1.29, 1.82) is 0 Å². The van der Waals surface area contributed by atoms with E-state index < -0.39 is 0 Å². The first kappa shape index (κ1) is 25.5. The fourth-order valence-electron chi connectivity index (χ4n) is 0.867. The predicted octanol–water partition coefficient (Wildman–Crippen LogP) is 4.52. The molecule has 0 fully saturated rings. The molecule has 2 N–H and O–H groups in total. The van der Waals surface area contributed by atoms with Crippen molar-refractivity contribution >= 4 is 17.6 Å². The van der Waals surface area contributed by atoms with Crippen molar-refractivity contribution in [2.24, 2.45) is 0 Å². The summed E-state index contributed by atoms with van der Waals surface area (Å²) in [5.74, 6) is 0. The summed E-state index contributed by atoms with van der Waals surface area (Å²) in [5, 5.41) is 12.6. The van der Waals surface area contributed by atoms with Gasteiger partial charge in [-0.05, 0) is 47.0 Å². The monoisotopic (exact) mass is 328 g/mol. The lowest BCUT2D eigenvalue weighted by atomic mass is 10.3. The molecule has 0 aliphatic carbocycles. The van der Waals surface area contributed by atoms with Gasteiger partial charge in [0, 0.05) is 11.1 Å². The van der Waals surface area contributed by atoms with Crippen molar-refractivity contribution in [3.8, 4) is 0 Å². The highest BCUT2D eigenvalue weighted by atomic mass is 32.1. The number of hydrogen-bond acceptors (Lipinski definition) is 5. The quantitative estimate of drug-likeness (QED) is 0.485. The lowest BCUT2D eigenvalue weighted by Gasteiger charge is -2.06. The lowest BCUT2D eigenvalue weighted by Crippen LogP contribution is -2.10. The SMILES string of the molecule is C=CN(O)CC=C(C)C.CC.CNC.Cc1ccc(C=O)s1. The highest BCUT2D eigenvalue weighted by molar-refractivity contribution is 7.13. The lowest BCUT2D eigenvalue weighted by molar-refractivity contribution is -0.0288. The highest BCUT2D eigenvalue weighted by Gasteiger charge is 1.90. The van der Waals surface area contributed by atoms with Crippen LogP contribution in [0.4, 0.5) is 0 Å². The third-order valence-corrected chi connectivity index (χ3v) is 2.70. The topological polar surface area (TPSA) is 52.6 Å². The molecule has 22 heavy (non-hydrogen) atoms. The zero-order valence-electron chi connectivity index (χ0n) is 15.0. The summed E-state index contributed by atoms with van der Waals surface area (Å²) >= 11 is 1.52. The fourth-order valence-corrected chi connectivity index (χ4v) is 1.56. The van der Waals surface area contributed by atoms with E-state index in [1.807, 2.05) is 66.9 Å². The molecule has 0 aromatic carbocycles. The Bertz CT molecular complexity index is 397. The predicted molar refractivity (Wildman–Crippen MR) is 98.9 cm³/mol. The standard InChI is InChI=1S/C7H13NO.C6H6OS.C2H7N.C2H6/c1-4-8(9)6-5-7(2)3;1-5-2-3-6(4-7)8-5;1-3-2;1-2/h4-5,9H,1,6H2,2-3H3;2-4H,1H3;3H,1-2H3;1-2H3. The number of carbonyl (C=O) groups is 1. The normalized spacial score (nSPS) is 7.82. The molecule has 1 aromatic rings. The van der Waals surface area contributed by atoms with Crippen molar-refractivity contribution in [3.63, 3.8) is 0 Å². The molecule has 0 atom stereocenters. The molecular formula is C17H32N2O2S. The molecule has 4 nitrogen and oxygen atoms in total. The number of aryl methyl sites for hydroxylation is 1. The van der Waals surface area contributed by atoms with Gasteiger partial charge >= 0.3 is 0 Å². The van der Waals surface area contributed by atoms with Crippen LogP contribution in [0.2, 0.25) is 0 Å². The number of nitrogens with one attached hydrogen (secondary N) is 1. The second kappa shape index (κ2) is 19.6. The minimum absolute atomic E-state index is 0.520. The van der Waals surface area contributed by atoms with E-state index in [4.69, 9.17) is 5.21 Å². The van der Waals surface area contributed by atoms with Gasteiger partial charge < -0.3 is 5.32 Å². The van der Waals surface area contributed by atoms with Crippen LogP contribution < -0.4 is 5.32 Å². The number of nitrogens with zero attached hydrogens (tertiary/aromatic N) is 1. The molecule has 0 radical (unpaired) electrons. The van der Waals surface area contributed by atoms with Crippen LogP contribution in [-0.4, -0.2) is 37.2 Å². The van der Waals surface area contributed by atoms with Gasteiger partial charge in [0.1, 0.15) is 0 Å². The molecule has 1 heterocycles. The van der Waals surface area contributed by atoms with Gasteiger partial charge in [0.25, 0.3) is 0 Å². The Morgan fingerprint density at radius 3 is 2.09 bits per heavy atom. The molecular weight excluding hydrogens is 296 g/mol. The van der Waals surface area contributed by atoms with Crippen molar-refractivity contribution in [2.45, 2.75) is 34.6 Å². The third kappa shape index (κ3) is 20.9. The second-order valence-corrected chi connectivity index (χ2v) is 5.47. The number of allylic oxidation sites excluding steroid dienone is 1. The van der Waals surface area contributed by atoms with Crippen LogP contribution >= 0.6 is 11.3 Å². The first-order valence-electron chi connectivity index (χ1n) is 7.22. The summed E-state index contributed by atoms with van der Waals surface area (Å²) in [6.07, 6.45) is 4.17. The molecule has 0 spiro atoms. The maximum absolute atomic E-state index is 10.0. The van der Waals surface area contributed by atoms with Gasteiger partial charge in [-0.3, -0.25) is 15.1 Å². The summed E-state index contributed by atoms with van der Waals surface area (Å²) in [6.45, 7) is 13.9. The minimum Gasteiger partial charge on any atom is -0.323 e.